The minimum Gasteiger partial charge on any atom is -0.369 e. The molecule has 0 fully saturated rings. The van der Waals surface area contributed by atoms with Crippen LogP contribution in [0.1, 0.15) is 13.8 Å². The SMILES string of the molecule is CC(C)C(=O)NNCC(N)=O.[Re].[Re]. The summed E-state index contributed by atoms with van der Waals surface area (Å²) in [5.74, 6) is -0.768. The Labute approximate surface area is 105 Å². The smallest absolute Gasteiger partial charge is 0.236 e. The average Bonchev–Trinajstić information content (AvgIpc) is 1.86. The molecule has 13 heavy (non-hydrogen) atoms. The largest absolute Gasteiger partial charge is 0.369 e. The number of nitrogens with one attached hydrogen (secondary N) is 2. The van der Waals surface area contributed by atoms with E-state index in [4.69, 9.17) is 5.73 Å². The van der Waals surface area contributed by atoms with Crippen molar-refractivity contribution in [3.8, 4) is 0 Å². The van der Waals surface area contributed by atoms with Gasteiger partial charge < -0.3 is 5.73 Å². The number of carbonyl (C=O) groups excluding carboxylic acids is 2. The molecule has 2 radical (unpaired) electrons. The molecule has 0 aromatic rings. The Hall–Kier alpha value is 0.225. The van der Waals surface area contributed by atoms with Gasteiger partial charge in [0.1, 0.15) is 0 Å². The molecule has 0 aliphatic carbocycles. The van der Waals surface area contributed by atoms with Gasteiger partial charge in [0.05, 0.1) is 6.54 Å². The Morgan fingerprint density at radius 2 is 1.77 bits per heavy atom. The third kappa shape index (κ3) is 12.2. The zero-order valence-electron chi connectivity index (χ0n) is 7.43. The van der Waals surface area contributed by atoms with Crippen molar-refractivity contribution >= 4 is 11.8 Å². The van der Waals surface area contributed by atoms with Crippen molar-refractivity contribution < 1.29 is 50.4 Å². The fourth-order valence-corrected chi connectivity index (χ4v) is 0.363. The summed E-state index contributed by atoms with van der Waals surface area (Å²) in [6.45, 7) is 3.46. The number of primary amides is 1. The standard InChI is InChI=1S/C6H13N3O2.2Re/c1-4(2)6(11)9-8-3-5(7)10;;/h4,8H,3H2,1-2H3,(H2,7,10)(H,9,11);;. The molecule has 0 heterocycles. The Morgan fingerprint density at radius 3 is 2.08 bits per heavy atom. The number of hydrogen-bond acceptors (Lipinski definition) is 3. The van der Waals surface area contributed by atoms with Crippen LogP contribution in [0, 0.1) is 5.92 Å². The molecule has 0 bridgehead atoms. The maximum absolute atomic E-state index is 10.8. The van der Waals surface area contributed by atoms with Crippen LogP contribution in [0.3, 0.4) is 0 Å². The first kappa shape index (κ1) is 18.9. The molecule has 4 N–H and O–H groups in total. The molecule has 0 atom stereocenters. The summed E-state index contributed by atoms with van der Waals surface area (Å²) in [5, 5.41) is 0. The van der Waals surface area contributed by atoms with E-state index < -0.39 is 5.91 Å². The number of carbonyl (C=O) groups is 2. The minimum absolute atomic E-state index is 0. The van der Waals surface area contributed by atoms with E-state index in [2.05, 4.69) is 10.9 Å². The Bertz CT molecular complexity index is 164. The molecule has 78 valence electrons. The molecule has 0 aliphatic heterocycles. The van der Waals surface area contributed by atoms with Crippen molar-refractivity contribution in [2.45, 2.75) is 13.8 Å². The van der Waals surface area contributed by atoms with Gasteiger partial charge in [-0.2, -0.15) is 0 Å². The second-order valence-electron chi connectivity index (χ2n) is 2.46. The van der Waals surface area contributed by atoms with Crippen molar-refractivity contribution in [1.29, 1.82) is 0 Å². The number of rotatable bonds is 4. The number of hydrazine groups is 1. The Morgan fingerprint density at radius 1 is 1.31 bits per heavy atom. The molecule has 0 rings (SSSR count). The zero-order valence-corrected chi connectivity index (χ0v) is 12.9. The van der Waals surface area contributed by atoms with E-state index in [1.54, 1.807) is 13.8 Å². The number of amides is 2. The molecule has 0 saturated carbocycles. The van der Waals surface area contributed by atoms with Gasteiger partial charge in [-0.15, -0.1) is 0 Å². The van der Waals surface area contributed by atoms with Crippen LogP contribution in [0.4, 0.5) is 0 Å². The van der Waals surface area contributed by atoms with E-state index in [0.717, 1.165) is 0 Å². The predicted octanol–water partition coefficient (Wildman–Crippen LogP) is -1.26. The first-order valence-electron chi connectivity index (χ1n) is 3.35. The van der Waals surface area contributed by atoms with Crippen LogP contribution in [0.5, 0.6) is 0 Å². The van der Waals surface area contributed by atoms with E-state index >= 15 is 0 Å². The molecular weight excluding hydrogens is 518 g/mol. The third-order valence-corrected chi connectivity index (χ3v) is 0.999. The maximum atomic E-state index is 10.8. The van der Waals surface area contributed by atoms with Crippen LogP contribution in [0.15, 0.2) is 0 Å². The van der Waals surface area contributed by atoms with Gasteiger partial charge in [0.25, 0.3) is 0 Å². The summed E-state index contributed by atoms with van der Waals surface area (Å²) in [6, 6.07) is 0. The fraction of sp³-hybridized carbons (Fsp3) is 0.667. The van der Waals surface area contributed by atoms with Crippen molar-refractivity contribution in [3.63, 3.8) is 0 Å². The van der Waals surface area contributed by atoms with Gasteiger partial charge >= 0.3 is 0 Å². The molecular formula is C6H13N3O2Re2. The van der Waals surface area contributed by atoms with Crippen LogP contribution in [0.25, 0.3) is 0 Å². The van der Waals surface area contributed by atoms with Crippen LogP contribution in [-0.2, 0) is 50.4 Å². The number of hydrogen-bond donors (Lipinski definition) is 3. The summed E-state index contributed by atoms with van der Waals surface area (Å²) >= 11 is 0. The van der Waals surface area contributed by atoms with Crippen LogP contribution < -0.4 is 16.6 Å². The van der Waals surface area contributed by atoms with Gasteiger partial charge in [0.15, 0.2) is 0 Å². The van der Waals surface area contributed by atoms with Crippen molar-refractivity contribution in [3.05, 3.63) is 0 Å². The molecule has 5 nitrogen and oxygen atoms in total. The first-order chi connectivity index (χ1) is 5.04. The normalized spacial score (nSPS) is 8.23. The second kappa shape index (κ2) is 10.3. The van der Waals surface area contributed by atoms with E-state index in [0.29, 0.717) is 0 Å². The monoisotopic (exact) mass is 533 g/mol. The van der Waals surface area contributed by atoms with Gasteiger partial charge in [-0.25, -0.2) is 5.43 Å². The van der Waals surface area contributed by atoms with Crippen molar-refractivity contribution in [1.82, 2.24) is 10.9 Å². The molecule has 0 aliphatic rings. The van der Waals surface area contributed by atoms with E-state index in [-0.39, 0.29) is 59.2 Å². The molecule has 0 unspecified atom stereocenters. The van der Waals surface area contributed by atoms with E-state index in [1.165, 1.54) is 0 Å². The average molecular weight is 532 g/mol. The van der Waals surface area contributed by atoms with Gasteiger partial charge in [-0.1, -0.05) is 13.8 Å². The number of nitrogens with two attached hydrogens (primary N) is 1. The van der Waals surface area contributed by atoms with Crippen molar-refractivity contribution in [2.24, 2.45) is 11.7 Å². The molecule has 0 spiro atoms. The molecule has 2 amide bonds. The molecule has 0 saturated heterocycles. The minimum atomic E-state index is -0.506. The molecule has 7 heteroatoms. The zero-order chi connectivity index (χ0) is 8.85. The van der Waals surface area contributed by atoms with Gasteiger partial charge in [0, 0.05) is 46.8 Å². The van der Waals surface area contributed by atoms with Gasteiger partial charge in [0.2, 0.25) is 11.8 Å². The first-order valence-corrected chi connectivity index (χ1v) is 3.35. The second-order valence-corrected chi connectivity index (χ2v) is 2.46. The van der Waals surface area contributed by atoms with E-state index in [1.807, 2.05) is 0 Å². The van der Waals surface area contributed by atoms with Gasteiger partial charge in [-0.05, 0) is 0 Å². The maximum Gasteiger partial charge on any atom is 0.236 e. The van der Waals surface area contributed by atoms with Crippen LogP contribution in [-0.4, -0.2) is 18.4 Å². The quantitative estimate of drug-likeness (QED) is 0.397. The fourth-order valence-electron chi connectivity index (χ4n) is 0.363. The van der Waals surface area contributed by atoms with Gasteiger partial charge in [-0.3, -0.25) is 15.0 Å². The summed E-state index contributed by atoms with van der Waals surface area (Å²) in [5.41, 5.74) is 9.52. The third-order valence-electron chi connectivity index (χ3n) is 0.999. The Balaban J connectivity index is -0.000000500. The predicted molar refractivity (Wildman–Crippen MR) is 40.2 cm³/mol. The summed E-state index contributed by atoms with van der Waals surface area (Å²) < 4.78 is 0. The van der Waals surface area contributed by atoms with Crippen LogP contribution >= 0.6 is 0 Å². The van der Waals surface area contributed by atoms with E-state index in [9.17, 15) is 9.59 Å². The Kier molecular flexibility index (Phi) is 15.0. The molecule has 0 aromatic heterocycles. The summed E-state index contributed by atoms with van der Waals surface area (Å²) in [4.78, 5) is 21.0. The topological polar surface area (TPSA) is 84.2 Å². The summed E-state index contributed by atoms with van der Waals surface area (Å²) in [7, 11) is 0. The van der Waals surface area contributed by atoms with Crippen molar-refractivity contribution in [2.75, 3.05) is 6.54 Å². The molecule has 0 aromatic carbocycles. The van der Waals surface area contributed by atoms with Crippen LogP contribution in [0.2, 0.25) is 0 Å². The summed E-state index contributed by atoms with van der Waals surface area (Å²) in [6.07, 6.45) is 0.